The number of hydrogen-bond donors (Lipinski definition) is 1. The molecule has 5 heteroatoms. The molecule has 0 spiro atoms. The van der Waals surface area contributed by atoms with Crippen LogP contribution in [0.25, 0.3) is 0 Å². The maximum Gasteiger partial charge on any atom is 0.0476 e. The number of halogens is 2. The van der Waals surface area contributed by atoms with Crippen molar-refractivity contribution in [3.05, 3.63) is 34.5 Å². The van der Waals surface area contributed by atoms with Crippen LogP contribution in [0.3, 0.4) is 0 Å². The second-order valence-electron chi connectivity index (χ2n) is 4.48. The highest BCUT2D eigenvalue weighted by molar-refractivity contribution is 7.12. The molecule has 0 bridgehead atoms. The van der Waals surface area contributed by atoms with Crippen molar-refractivity contribution in [1.82, 2.24) is 10.2 Å². The first kappa shape index (κ1) is 18.9. The topological polar surface area (TPSA) is 15.3 Å². The predicted octanol–water partition coefficient (Wildman–Crippen LogP) is 3.68. The molecule has 110 valence electrons. The lowest BCUT2D eigenvalue weighted by Crippen LogP contribution is -2.44. The fraction of sp³-hybridized carbons (Fsp3) is 0.571. The van der Waals surface area contributed by atoms with Crippen LogP contribution in [0, 0.1) is 0 Å². The normalized spacial score (nSPS) is 17.1. The summed E-state index contributed by atoms with van der Waals surface area (Å²) in [6.07, 6.45) is 4.26. The van der Waals surface area contributed by atoms with Gasteiger partial charge in [0, 0.05) is 42.0 Å². The SMILES string of the molecule is C=CC[C@@H](c1ccc(CC)s1)N1CCNCC1.Cl.Cl. The lowest BCUT2D eigenvalue weighted by Gasteiger charge is -2.34. The smallest absolute Gasteiger partial charge is 0.0476 e. The minimum Gasteiger partial charge on any atom is -0.314 e. The fourth-order valence-corrected chi connectivity index (χ4v) is 3.46. The Balaban J connectivity index is 0.00000162. The Morgan fingerprint density at radius 2 is 2.05 bits per heavy atom. The highest BCUT2D eigenvalue weighted by Crippen LogP contribution is 2.31. The van der Waals surface area contributed by atoms with E-state index in [0.717, 1.165) is 39.0 Å². The molecular formula is C14H24Cl2N2S. The van der Waals surface area contributed by atoms with Gasteiger partial charge in [-0.1, -0.05) is 13.0 Å². The molecule has 2 rings (SSSR count). The van der Waals surface area contributed by atoms with E-state index in [9.17, 15) is 0 Å². The number of hydrogen-bond acceptors (Lipinski definition) is 3. The molecule has 0 aromatic carbocycles. The van der Waals surface area contributed by atoms with Gasteiger partial charge in [0.2, 0.25) is 0 Å². The van der Waals surface area contributed by atoms with Gasteiger partial charge in [-0.2, -0.15) is 0 Å². The van der Waals surface area contributed by atoms with Crippen LogP contribution in [0.4, 0.5) is 0 Å². The summed E-state index contributed by atoms with van der Waals surface area (Å²) in [5, 5.41) is 3.42. The van der Waals surface area contributed by atoms with E-state index in [0.29, 0.717) is 6.04 Å². The van der Waals surface area contributed by atoms with Crippen molar-refractivity contribution in [2.75, 3.05) is 26.2 Å². The summed E-state index contributed by atoms with van der Waals surface area (Å²) >= 11 is 1.96. The second kappa shape index (κ2) is 9.78. The molecule has 0 aliphatic carbocycles. The molecule has 1 N–H and O–H groups in total. The number of aryl methyl sites for hydroxylation is 1. The molecule has 0 unspecified atom stereocenters. The van der Waals surface area contributed by atoms with Gasteiger partial charge in [-0.25, -0.2) is 0 Å². The molecule has 0 amide bonds. The summed E-state index contributed by atoms with van der Waals surface area (Å²) in [6.45, 7) is 10.7. The van der Waals surface area contributed by atoms with Crippen LogP contribution in [-0.4, -0.2) is 31.1 Å². The van der Waals surface area contributed by atoms with E-state index >= 15 is 0 Å². The Morgan fingerprint density at radius 1 is 1.37 bits per heavy atom. The minimum atomic E-state index is 0. The number of nitrogens with one attached hydrogen (secondary N) is 1. The lowest BCUT2D eigenvalue weighted by atomic mass is 10.1. The summed E-state index contributed by atoms with van der Waals surface area (Å²) in [6, 6.07) is 5.12. The van der Waals surface area contributed by atoms with Crippen LogP contribution in [0.5, 0.6) is 0 Å². The van der Waals surface area contributed by atoms with Crippen molar-refractivity contribution in [1.29, 1.82) is 0 Å². The third-order valence-electron chi connectivity index (χ3n) is 3.34. The molecular weight excluding hydrogens is 299 g/mol. The molecule has 0 saturated carbocycles. The van der Waals surface area contributed by atoms with Crippen LogP contribution in [0.1, 0.15) is 29.1 Å². The number of rotatable bonds is 5. The minimum absolute atomic E-state index is 0. The molecule has 0 radical (unpaired) electrons. The molecule has 1 saturated heterocycles. The molecule has 1 atom stereocenters. The first-order valence-corrected chi connectivity index (χ1v) is 7.31. The summed E-state index contributed by atoms with van der Waals surface area (Å²) < 4.78 is 0. The average molecular weight is 323 g/mol. The lowest BCUT2D eigenvalue weighted by molar-refractivity contribution is 0.177. The molecule has 1 aromatic heterocycles. The van der Waals surface area contributed by atoms with Crippen LogP contribution >= 0.6 is 36.2 Å². The first-order chi connectivity index (χ1) is 8.35. The van der Waals surface area contributed by atoms with Crippen molar-refractivity contribution in [3.63, 3.8) is 0 Å². The standard InChI is InChI=1S/C14H22N2S.2ClH/c1-3-5-13(16-10-8-15-9-11-16)14-7-6-12(4-2)17-14;;/h3,6-7,13,15H,1,4-5,8-11H2,2H3;2*1H/t13-;;/m0../s1. The molecule has 1 aliphatic heterocycles. The second-order valence-corrected chi connectivity index (χ2v) is 5.68. The largest absolute Gasteiger partial charge is 0.314 e. The molecule has 19 heavy (non-hydrogen) atoms. The third-order valence-corrected chi connectivity index (χ3v) is 4.67. The van der Waals surface area contributed by atoms with Crippen molar-refractivity contribution in [3.8, 4) is 0 Å². The molecule has 1 fully saturated rings. The number of nitrogens with zero attached hydrogens (tertiary/aromatic N) is 1. The Hall–Kier alpha value is -0.0600. The van der Waals surface area contributed by atoms with E-state index < -0.39 is 0 Å². The monoisotopic (exact) mass is 322 g/mol. The Kier molecular flexibility index (Phi) is 9.75. The van der Waals surface area contributed by atoms with Gasteiger partial charge in [-0.15, -0.1) is 42.7 Å². The van der Waals surface area contributed by atoms with E-state index in [4.69, 9.17) is 0 Å². The van der Waals surface area contributed by atoms with Gasteiger partial charge < -0.3 is 5.32 Å². The highest BCUT2D eigenvalue weighted by Gasteiger charge is 2.22. The van der Waals surface area contributed by atoms with E-state index in [1.165, 1.54) is 9.75 Å². The van der Waals surface area contributed by atoms with E-state index in [1.54, 1.807) is 0 Å². The summed E-state index contributed by atoms with van der Waals surface area (Å²) in [5.74, 6) is 0. The van der Waals surface area contributed by atoms with E-state index in [2.05, 4.69) is 41.9 Å². The van der Waals surface area contributed by atoms with Crippen LogP contribution in [0.2, 0.25) is 0 Å². The molecule has 2 heterocycles. The first-order valence-electron chi connectivity index (χ1n) is 6.49. The van der Waals surface area contributed by atoms with E-state index in [1.807, 2.05) is 11.3 Å². The van der Waals surface area contributed by atoms with Crippen LogP contribution in [0.15, 0.2) is 24.8 Å². The summed E-state index contributed by atoms with van der Waals surface area (Å²) in [7, 11) is 0. The Bertz CT molecular complexity index is 362. The van der Waals surface area contributed by atoms with Gasteiger partial charge in [0.05, 0.1) is 0 Å². The zero-order valence-corrected chi connectivity index (χ0v) is 13.9. The fourth-order valence-electron chi connectivity index (χ4n) is 2.36. The molecule has 2 nitrogen and oxygen atoms in total. The quantitative estimate of drug-likeness (QED) is 0.832. The Labute approximate surface area is 133 Å². The Morgan fingerprint density at radius 3 is 2.58 bits per heavy atom. The van der Waals surface area contributed by atoms with Gasteiger partial charge in [0.1, 0.15) is 0 Å². The van der Waals surface area contributed by atoms with Gasteiger partial charge in [0.15, 0.2) is 0 Å². The van der Waals surface area contributed by atoms with Gasteiger partial charge >= 0.3 is 0 Å². The zero-order valence-electron chi connectivity index (χ0n) is 11.4. The van der Waals surface area contributed by atoms with Crippen molar-refractivity contribution >= 4 is 36.2 Å². The average Bonchev–Trinajstić information content (AvgIpc) is 2.85. The highest BCUT2D eigenvalue weighted by atomic mass is 35.5. The van der Waals surface area contributed by atoms with Gasteiger partial charge in [-0.3, -0.25) is 4.90 Å². The predicted molar refractivity (Wildman–Crippen MR) is 90.2 cm³/mol. The van der Waals surface area contributed by atoms with Crippen LogP contribution in [-0.2, 0) is 6.42 Å². The zero-order chi connectivity index (χ0) is 12.1. The van der Waals surface area contributed by atoms with Crippen molar-refractivity contribution in [2.45, 2.75) is 25.8 Å². The summed E-state index contributed by atoms with van der Waals surface area (Å²) in [4.78, 5) is 5.58. The number of piperazine rings is 1. The van der Waals surface area contributed by atoms with E-state index in [-0.39, 0.29) is 24.8 Å². The van der Waals surface area contributed by atoms with Crippen molar-refractivity contribution in [2.24, 2.45) is 0 Å². The third kappa shape index (κ3) is 5.09. The van der Waals surface area contributed by atoms with Crippen LogP contribution < -0.4 is 5.32 Å². The van der Waals surface area contributed by atoms with Gasteiger partial charge in [0.25, 0.3) is 0 Å². The molecule has 1 aliphatic rings. The number of thiophene rings is 1. The maximum absolute atomic E-state index is 3.91. The van der Waals surface area contributed by atoms with Crippen molar-refractivity contribution < 1.29 is 0 Å². The maximum atomic E-state index is 3.91. The van der Waals surface area contributed by atoms with Gasteiger partial charge in [-0.05, 0) is 25.0 Å². The molecule has 1 aromatic rings. The summed E-state index contributed by atoms with van der Waals surface area (Å²) in [5.41, 5.74) is 0.